The number of rotatable bonds is 9. The molecule has 0 saturated heterocycles. The molecule has 1 aliphatic rings. The molecule has 1 rings (SSSR count). The van der Waals surface area contributed by atoms with E-state index in [2.05, 4.69) is 30.3 Å². The molecule has 1 saturated carbocycles. The highest BCUT2D eigenvalue weighted by Crippen LogP contribution is 2.28. The second-order valence-electron chi connectivity index (χ2n) is 7.86. The molecular formula is C16H34N2O3Si. The van der Waals surface area contributed by atoms with E-state index in [4.69, 9.17) is 5.11 Å². The normalized spacial score (nSPS) is 19.6. The smallest absolute Gasteiger partial charge is 0.404 e. The Morgan fingerprint density at radius 3 is 2.41 bits per heavy atom. The van der Waals surface area contributed by atoms with Gasteiger partial charge >= 0.3 is 6.09 Å². The molecule has 0 spiro atoms. The Kier molecular flexibility index (Phi) is 8.42. The van der Waals surface area contributed by atoms with Crippen molar-refractivity contribution in [3.8, 4) is 0 Å². The molecule has 1 fully saturated rings. The van der Waals surface area contributed by atoms with Crippen LogP contribution < -0.4 is 10.6 Å². The Morgan fingerprint density at radius 1 is 1.23 bits per heavy atom. The minimum Gasteiger partial charge on any atom is -0.465 e. The van der Waals surface area contributed by atoms with Crippen LogP contribution >= 0.6 is 0 Å². The van der Waals surface area contributed by atoms with Gasteiger partial charge in [-0.25, -0.2) is 4.79 Å². The van der Waals surface area contributed by atoms with Crippen LogP contribution in [0.4, 0.5) is 4.79 Å². The predicted octanol–water partition coefficient (Wildman–Crippen LogP) is 2.88. The maximum atomic E-state index is 10.6. The third kappa shape index (κ3) is 8.75. The van der Waals surface area contributed by atoms with Crippen molar-refractivity contribution in [2.75, 3.05) is 13.1 Å². The highest BCUT2D eigenvalue weighted by molar-refractivity contribution is 6.76. The Morgan fingerprint density at radius 2 is 1.86 bits per heavy atom. The van der Waals surface area contributed by atoms with Crippen molar-refractivity contribution >= 4 is 14.2 Å². The molecule has 2 atom stereocenters. The first kappa shape index (κ1) is 19.5. The van der Waals surface area contributed by atoms with Gasteiger partial charge in [0.15, 0.2) is 0 Å². The fourth-order valence-corrected chi connectivity index (χ4v) is 4.02. The summed E-state index contributed by atoms with van der Waals surface area (Å²) >= 11 is 0. The maximum absolute atomic E-state index is 10.6. The summed E-state index contributed by atoms with van der Waals surface area (Å²) in [6.45, 7) is 8.04. The molecule has 0 aromatic carbocycles. The standard InChI is InChI=1S/C16H34N2O3Si/c1-22(2,3)10-9-17-14(15(19)12-18-16(20)21)11-13-7-5-4-6-8-13/h13-15,17-19H,4-12H2,1-3H3,(H,20,21)/t14-,15?/m0/s1. The van der Waals surface area contributed by atoms with Gasteiger partial charge in [0.25, 0.3) is 0 Å². The van der Waals surface area contributed by atoms with E-state index in [0.29, 0.717) is 5.92 Å². The van der Waals surface area contributed by atoms with Gasteiger partial charge in [0.05, 0.1) is 6.10 Å². The summed E-state index contributed by atoms with van der Waals surface area (Å²) in [5.41, 5.74) is 0. The first-order valence-electron chi connectivity index (χ1n) is 8.66. The summed E-state index contributed by atoms with van der Waals surface area (Å²) < 4.78 is 0. The van der Waals surface area contributed by atoms with Crippen LogP contribution in [0.15, 0.2) is 0 Å². The second kappa shape index (κ2) is 9.52. The van der Waals surface area contributed by atoms with E-state index < -0.39 is 20.3 Å². The maximum Gasteiger partial charge on any atom is 0.404 e. The number of aliphatic hydroxyl groups excluding tert-OH is 1. The van der Waals surface area contributed by atoms with Crippen molar-refractivity contribution in [3.63, 3.8) is 0 Å². The summed E-state index contributed by atoms with van der Waals surface area (Å²) in [5.74, 6) is 0.664. The van der Waals surface area contributed by atoms with Gasteiger partial charge in [0, 0.05) is 20.7 Å². The largest absolute Gasteiger partial charge is 0.465 e. The summed E-state index contributed by atoms with van der Waals surface area (Å²) in [7, 11) is -1.10. The molecule has 130 valence electrons. The van der Waals surface area contributed by atoms with E-state index in [1.165, 1.54) is 38.1 Å². The third-order valence-electron chi connectivity index (χ3n) is 4.52. The SMILES string of the molecule is C[Si](C)(C)CCN[C@@H](CC1CCCCC1)C(O)CNC(=O)O. The zero-order chi connectivity index (χ0) is 16.6. The number of nitrogens with one attached hydrogen (secondary N) is 2. The minimum atomic E-state index is -1.10. The van der Waals surface area contributed by atoms with E-state index in [1.807, 2.05) is 0 Å². The van der Waals surface area contributed by atoms with Gasteiger partial charge in [-0.1, -0.05) is 51.7 Å². The van der Waals surface area contributed by atoms with Crippen LogP contribution in [0.1, 0.15) is 38.5 Å². The number of carbonyl (C=O) groups is 1. The topological polar surface area (TPSA) is 81.6 Å². The molecule has 6 heteroatoms. The zero-order valence-corrected chi connectivity index (χ0v) is 15.4. The van der Waals surface area contributed by atoms with Crippen LogP contribution in [0.3, 0.4) is 0 Å². The lowest BCUT2D eigenvalue weighted by Gasteiger charge is -2.31. The first-order chi connectivity index (χ1) is 10.3. The Bertz CT molecular complexity index is 328. The minimum absolute atomic E-state index is 0.00806. The van der Waals surface area contributed by atoms with E-state index >= 15 is 0 Å². The highest BCUT2D eigenvalue weighted by atomic mass is 28.3. The molecule has 0 heterocycles. The Hall–Kier alpha value is -0.593. The molecule has 4 N–H and O–H groups in total. The second-order valence-corrected chi connectivity index (χ2v) is 13.5. The predicted molar refractivity (Wildman–Crippen MR) is 93.2 cm³/mol. The number of carboxylic acid groups (broad SMARTS) is 1. The Labute approximate surface area is 135 Å². The van der Waals surface area contributed by atoms with Gasteiger partial charge in [-0.15, -0.1) is 0 Å². The van der Waals surface area contributed by atoms with Crippen molar-refractivity contribution < 1.29 is 15.0 Å². The number of hydrogen-bond donors (Lipinski definition) is 4. The average Bonchev–Trinajstić information content (AvgIpc) is 2.43. The van der Waals surface area contributed by atoms with Gasteiger partial charge in [0.2, 0.25) is 0 Å². The summed E-state index contributed by atoms with van der Waals surface area (Å²) in [4.78, 5) is 10.6. The first-order valence-corrected chi connectivity index (χ1v) is 12.4. The van der Waals surface area contributed by atoms with Gasteiger partial charge in [-0.2, -0.15) is 0 Å². The molecule has 1 unspecified atom stereocenters. The molecule has 1 aliphatic carbocycles. The molecule has 0 radical (unpaired) electrons. The van der Waals surface area contributed by atoms with Crippen LogP contribution in [0, 0.1) is 5.92 Å². The molecule has 0 aliphatic heterocycles. The summed E-state index contributed by atoms with van der Waals surface area (Å²) in [5, 5.41) is 24.9. The molecular weight excluding hydrogens is 296 g/mol. The summed E-state index contributed by atoms with van der Waals surface area (Å²) in [6, 6.07) is 1.17. The van der Waals surface area contributed by atoms with Crippen LogP contribution in [0.2, 0.25) is 25.7 Å². The quantitative estimate of drug-likeness (QED) is 0.490. The highest BCUT2D eigenvalue weighted by Gasteiger charge is 2.25. The average molecular weight is 331 g/mol. The number of aliphatic hydroxyl groups is 1. The van der Waals surface area contributed by atoms with Crippen molar-refractivity contribution in [2.45, 2.75) is 76.4 Å². The van der Waals surface area contributed by atoms with Crippen molar-refractivity contribution in [1.82, 2.24) is 10.6 Å². The molecule has 0 aromatic heterocycles. The van der Waals surface area contributed by atoms with E-state index in [9.17, 15) is 9.90 Å². The fourth-order valence-electron chi connectivity index (χ4n) is 3.13. The van der Waals surface area contributed by atoms with Crippen LogP contribution in [-0.2, 0) is 0 Å². The molecule has 1 amide bonds. The molecule has 0 aromatic rings. The number of amides is 1. The van der Waals surface area contributed by atoms with Crippen LogP contribution in [0.25, 0.3) is 0 Å². The zero-order valence-electron chi connectivity index (χ0n) is 14.4. The monoisotopic (exact) mass is 330 g/mol. The molecule has 5 nitrogen and oxygen atoms in total. The lowest BCUT2D eigenvalue weighted by atomic mass is 9.83. The van der Waals surface area contributed by atoms with Crippen molar-refractivity contribution in [3.05, 3.63) is 0 Å². The van der Waals surface area contributed by atoms with Crippen LogP contribution in [0.5, 0.6) is 0 Å². The van der Waals surface area contributed by atoms with E-state index in [0.717, 1.165) is 13.0 Å². The van der Waals surface area contributed by atoms with E-state index in [-0.39, 0.29) is 12.6 Å². The lowest BCUT2D eigenvalue weighted by molar-refractivity contribution is 0.105. The van der Waals surface area contributed by atoms with Gasteiger partial charge in [-0.05, 0) is 24.9 Å². The number of hydrogen-bond acceptors (Lipinski definition) is 3. The van der Waals surface area contributed by atoms with E-state index in [1.54, 1.807) is 0 Å². The van der Waals surface area contributed by atoms with Gasteiger partial charge in [-0.3, -0.25) is 0 Å². The van der Waals surface area contributed by atoms with Crippen molar-refractivity contribution in [1.29, 1.82) is 0 Å². The fraction of sp³-hybridized carbons (Fsp3) is 0.938. The third-order valence-corrected chi connectivity index (χ3v) is 6.27. The van der Waals surface area contributed by atoms with Crippen LogP contribution in [-0.4, -0.2) is 49.6 Å². The van der Waals surface area contributed by atoms with Gasteiger partial charge < -0.3 is 20.8 Å². The molecule has 22 heavy (non-hydrogen) atoms. The summed E-state index contributed by atoms with van der Waals surface area (Å²) in [6.07, 6.45) is 5.61. The Balaban J connectivity index is 2.48. The van der Waals surface area contributed by atoms with Crippen molar-refractivity contribution in [2.24, 2.45) is 5.92 Å². The molecule has 0 bridgehead atoms. The van der Waals surface area contributed by atoms with Gasteiger partial charge in [0.1, 0.15) is 0 Å². The lowest BCUT2D eigenvalue weighted by Crippen LogP contribution is -2.48.